The molecule has 0 aliphatic carbocycles. The van der Waals surface area contributed by atoms with Gasteiger partial charge < -0.3 is 15.2 Å². The van der Waals surface area contributed by atoms with Crippen molar-refractivity contribution >= 4 is 29.3 Å². The van der Waals surface area contributed by atoms with E-state index in [-0.39, 0.29) is 17.2 Å². The predicted octanol–water partition coefficient (Wildman–Crippen LogP) is 1.93. The molecule has 1 aliphatic rings. The highest BCUT2D eigenvalue weighted by atomic mass is 32.2. The number of carboxylic acids is 1. The van der Waals surface area contributed by atoms with E-state index in [1.54, 1.807) is 17.5 Å². The van der Waals surface area contributed by atoms with Crippen molar-refractivity contribution in [1.29, 1.82) is 0 Å². The summed E-state index contributed by atoms with van der Waals surface area (Å²) in [5, 5.41) is 13.1. The Balaban J connectivity index is 2.09. The SMILES string of the molecule is O=C(Nc1cccc(C(=O)O)c1)C1=CSCCO1. The van der Waals surface area contributed by atoms with Crippen molar-refractivity contribution in [2.75, 3.05) is 17.7 Å². The Bertz CT molecular complexity index is 513. The molecule has 0 unspecified atom stereocenters. The van der Waals surface area contributed by atoms with Crippen molar-refractivity contribution < 1.29 is 19.4 Å². The zero-order chi connectivity index (χ0) is 13.0. The van der Waals surface area contributed by atoms with Crippen LogP contribution in [0.1, 0.15) is 10.4 Å². The molecular formula is C12H11NO4S. The third-order valence-corrected chi connectivity index (χ3v) is 3.02. The van der Waals surface area contributed by atoms with Gasteiger partial charge in [0, 0.05) is 16.8 Å². The molecule has 0 radical (unpaired) electrons. The number of anilines is 1. The van der Waals surface area contributed by atoms with Crippen LogP contribution >= 0.6 is 11.8 Å². The van der Waals surface area contributed by atoms with Gasteiger partial charge in [0.05, 0.1) is 12.2 Å². The molecule has 0 saturated heterocycles. The maximum Gasteiger partial charge on any atom is 0.335 e. The molecule has 18 heavy (non-hydrogen) atoms. The molecule has 0 spiro atoms. The number of carbonyl (C=O) groups is 2. The van der Waals surface area contributed by atoms with Gasteiger partial charge in [0.1, 0.15) is 0 Å². The summed E-state index contributed by atoms with van der Waals surface area (Å²) in [7, 11) is 0. The van der Waals surface area contributed by atoms with Crippen LogP contribution < -0.4 is 5.32 Å². The second kappa shape index (κ2) is 5.59. The fraction of sp³-hybridized carbons (Fsp3) is 0.167. The number of hydrogen-bond acceptors (Lipinski definition) is 4. The van der Waals surface area contributed by atoms with Gasteiger partial charge in [0.25, 0.3) is 5.91 Å². The minimum absolute atomic E-state index is 0.126. The third kappa shape index (κ3) is 3.04. The van der Waals surface area contributed by atoms with E-state index in [9.17, 15) is 9.59 Å². The first-order chi connectivity index (χ1) is 8.66. The van der Waals surface area contributed by atoms with Crippen LogP contribution in [0.4, 0.5) is 5.69 Å². The van der Waals surface area contributed by atoms with Gasteiger partial charge in [-0.2, -0.15) is 0 Å². The van der Waals surface area contributed by atoms with Crippen LogP contribution in [-0.2, 0) is 9.53 Å². The molecule has 0 atom stereocenters. The van der Waals surface area contributed by atoms with Crippen molar-refractivity contribution in [1.82, 2.24) is 0 Å². The molecule has 0 saturated carbocycles. The molecule has 2 rings (SSSR count). The Labute approximate surface area is 108 Å². The largest absolute Gasteiger partial charge is 0.487 e. The standard InChI is InChI=1S/C12H11NO4S/c14-11(10-7-18-5-4-17-10)13-9-3-1-2-8(6-9)12(15)16/h1-3,6-7H,4-5H2,(H,13,14)(H,15,16). The van der Waals surface area contributed by atoms with Crippen LogP contribution in [0.5, 0.6) is 0 Å². The summed E-state index contributed by atoms with van der Waals surface area (Å²) in [6, 6.07) is 6.06. The first-order valence-corrected chi connectivity index (χ1v) is 6.31. The average Bonchev–Trinajstić information content (AvgIpc) is 2.40. The van der Waals surface area contributed by atoms with E-state index in [0.29, 0.717) is 12.3 Å². The maximum atomic E-state index is 11.8. The first kappa shape index (κ1) is 12.5. The van der Waals surface area contributed by atoms with Gasteiger partial charge in [0.15, 0.2) is 5.76 Å². The van der Waals surface area contributed by atoms with Crippen LogP contribution in [-0.4, -0.2) is 29.3 Å². The normalized spacial score (nSPS) is 14.3. The van der Waals surface area contributed by atoms with Gasteiger partial charge in [0.2, 0.25) is 0 Å². The number of amides is 1. The Morgan fingerprint density at radius 2 is 2.22 bits per heavy atom. The Kier molecular flexibility index (Phi) is 3.88. The van der Waals surface area contributed by atoms with Crippen LogP contribution in [0.25, 0.3) is 0 Å². The molecule has 1 amide bonds. The van der Waals surface area contributed by atoms with E-state index in [1.165, 1.54) is 23.9 Å². The zero-order valence-electron chi connectivity index (χ0n) is 9.38. The van der Waals surface area contributed by atoms with Gasteiger partial charge in [-0.05, 0) is 18.2 Å². The van der Waals surface area contributed by atoms with E-state index < -0.39 is 5.97 Å². The van der Waals surface area contributed by atoms with E-state index in [4.69, 9.17) is 9.84 Å². The number of ether oxygens (including phenoxy) is 1. The highest BCUT2D eigenvalue weighted by Crippen LogP contribution is 2.17. The number of carbonyl (C=O) groups excluding carboxylic acids is 1. The monoisotopic (exact) mass is 265 g/mol. The number of hydrogen-bond donors (Lipinski definition) is 2. The molecule has 5 nitrogen and oxygen atoms in total. The lowest BCUT2D eigenvalue weighted by Crippen LogP contribution is -2.19. The van der Waals surface area contributed by atoms with Crippen molar-refractivity contribution in [3.63, 3.8) is 0 Å². The van der Waals surface area contributed by atoms with Gasteiger partial charge in [-0.1, -0.05) is 6.07 Å². The van der Waals surface area contributed by atoms with E-state index in [1.807, 2.05) is 0 Å². The maximum absolute atomic E-state index is 11.8. The summed E-state index contributed by atoms with van der Waals surface area (Å²) in [5.41, 5.74) is 0.556. The number of carboxylic acid groups (broad SMARTS) is 1. The highest BCUT2D eigenvalue weighted by Gasteiger charge is 2.14. The minimum atomic E-state index is -1.03. The van der Waals surface area contributed by atoms with Crippen LogP contribution in [0, 0.1) is 0 Å². The molecule has 6 heteroatoms. The molecule has 2 N–H and O–H groups in total. The van der Waals surface area contributed by atoms with Crippen molar-refractivity contribution in [2.24, 2.45) is 0 Å². The molecule has 1 aromatic rings. The molecule has 0 fully saturated rings. The van der Waals surface area contributed by atoms with Crippen LogP contribution in [0.3, 0.4) is 0 Å². The zero-order valence-corrected chi connectivity index (χ0v) is 10.2. The Hall–Kier alpha value is -1.95. The summed E-state index contributed by atoms with van der Waals surface area (Å²) >= 11 is 1.51. The van der Waals surface area contributed by atoms with Gasteiger partial charge in [-0.3, -0.25) is 4.79 Å². The van der Waals surface area contributed by atoms with E-state index in [0.717, 1.165) is 5.75 Å². The predicted molar refractivity (Wildman–Crippen MR) is 68.5 cm³/mol. The lowest BCUT2D eigenvalue weighted by molar-refractivity contribution is -0.116. The Morgan fingerprint density at radius 1 is 1.39 bits per heavy atom. The summed E-state index contributed by atoms with van der Waals surface area (Å²) < 4.78 is 5.20. The summed E-state index contributed by atoms with van der Waals surface area (Å²) in [6.07, 6.45) is 0. The smallest absolute Gasteiger partial charge is 0.335 e. The molecule has 0 aromatic heterocycles. The van der Waals surface area contributed by atoms with E-state index >= 15 is 0 Å². The second-order valence-electron chi connectivity index (χ2n) is 3.54. The molecule has 0 bridgehead atoms. The minimum Gasteiger partial charge on any atom is -0.487 e. The van der Waals surface area contributed by atoms with Gasteiger partial charge in [-0.15, -0.1) is 11.8 Å². The van der Waals surface area contributed by atoms with Gasteiger partial charge in [-0.25, -0.2) is 4.79 Å². The molecular weight excluding hydrogens is 254 g/mol. The quantitative estimate of drug-likeness (QED) is 0.873. The lowest BCUT2D eigenvalue weighted by Gasteiger charge is -2.14. The van der Waals surface area contributed by atoms with E-state index in [2.05, 4.69) is 5.32 Å². The molecule has 94 valence electrons. The van der Waals surface area contributed by atoms with Crippen molar-refractivity contribution in [3.05, 3.63) is 41.0 Å². The van der Waals surface area contributed by atoms with Crippen molar-refractivity contribution in [2.45, 2.75) is 0 Å². The number of nitrogens with one attached hydrogen (secondary N) is 1. The van der Waals surface area contributed by atoms with Crippen molar-refractivity contribution in [3.8, 4) is 0 Å². The van der Waals surface area contributed by atoms with Gasteiger partial charge >= 0.3 is 5.97 Å². The second-order valence-corrected chi connectivity index (χ2v) is 4.52. The fourth-order valence-electron chi connectivity index (χ4n) is 1.41. The van der Waals surface area contributed by atoms with Crippen LogP contribution in [0.15, 0.2) is 35.4 Å². The van der Waals surface area contributed by atoms with Crippen LogP contribution in [0.2, 0.25) is 0 Å². The first-order valence-electron chi connectivity index (χ1n) is 5.26. The molecule has 1 aromatic carbocycles. The third-order valence-electron chi connectivity index (χ3n) is 2.24. The topological polar surface area (TPSA) is 75.6 Å². The lowest BCUT2D eigenvalue weighted by atomic mass is 10.2. The number of rotatable bonds is 3. The number of thioether (sulfide) groups is 1. The average molecular weight is 265 g/mol. The molecule has 1 aliphatic heterocycles. The summed E-state index contributed by atoms with van der Waals surface area (Å²) in [6.45, 7) is 0.499. The molecule has 1 heterocycles. The number of benzene rings is 1. The number of aromatic carboxylic acids is 1. The summed E-state index contributed by atoms with van der Waals surface area (Å²) in [4.78, 5) is 22.6. The highest BCUT2D eigenvalue weighted by molar-refractivity contribution is 8.02. The Morgan fingerprint density at radius 3 is 2.89 bits per heavy atom. The fourth-order valence-corrected chi connectivity index (χ4v) is 2.03. The summed E-state index contributed by atoms with van der Waals surface area (Å²) in [5.74, 6) is -0.322.